The van der Waals surface area contributed by atoms with E-state index >= 15 is 0 Å². The number of rotatable bonds is 13. The Morgan fingerprint density at radius 3 is 1.93 bits per heavy atom. The Bertz CT molecular complexity index is 1520. The van der Waals surface area contributed by atoms with Crippen LogP contribution in [0.3, 0.4) is 0 Å². The molecule has 0 bridgehead atoms. The molecular formula is C32H35N5O5. The van der Waals surface area contributed by atoms with Gasteiger partial charge >= 0.3 is 5.97 Å². The minimum atomic E-state index is -1.19. The zero-order chi connectivity index (χ0) is 30.1. The molecule has 0 aliphatic rings. The van der Waals surface area contributed by atoms with Gasteiger partial charge in [-0.25, -0.2) is 4.79 Å². The molecule has 10 nitrogen and oxygen atoms in total. The van der Waals surface area contributed by atoms with Crippen LogP contribution in [-0.2, 0) is 38.4 Å². The number of carboxylic acid groups (broad SMARTS) is 1. The Labute approximate surface area is 243 Å². The van der Waals surface area contributed by atoms with Crippen molar-refractivity contribution in [1.82, 2.24) is 20.9 Å². The molecule has 0 saturated heterocycles. The van der Waals surface area contributed by atoms with Gasteiger partial charge < -0.3 is 31.8 Å². The Kier molecular flexibility index (Phi) is 10.1. The van der Waals surface area contributed by atoms with E-state index in [0.717, 1.165) is 27.6 Å². The molecule has 0 aliphatic heterocycles. The van der Waals surface area contributed by atoms with E-state index in [1.807, 2.05) is 60.7 Å². The molecule has 4 aromatic rings. The highest BCUT2D eigenvalue weighted by molar-refractivity contribution is 5.94. The molecule has 218 valence electrons. The summed E-state index contributed by atoms with van der Waals surface area (Å²) in [5.41, 5.74) is 9.49. The third-order valence-electron chi connectivity index (χ3n) is 7.02. The number of benzene rings is 3. The van der Waals surface area contributed by atoms with Gasteiger partial charge in [-0.2, -0.15) is 0 Å². The fourth-order valence-electron chi connectivity index (χ4n) is 4.70. The summed E-state index contributed by atoms with van der Waals surface area (Å²) < 4.78 is 0. The van der Waals surface area contributed by atoms with Crippen molar-refractivity contribution in [2.45, 2.75) is 50.4 Å². The van der Waals surface area contributed by atoms with Crippen LogP contribution in [-0.4, -0.2) is 57.9 Å². The number of aromatic nitrogens is 1. The average Bonchev–Trinajstić information content (AvgIpc) is 3.40. The van der Waals surface area contributed by atoms with Gasteiger partial charge in [0.15, 0.2) is 0 Å². The summed E-state index contributed by atoms with van der Waals surface area (Å²) in [5.74, 6) is -2.96. The zero-order valence-electron chi connectivity index (χ0n) is 23.2. The number of aliphatic carboxylic acids is 1. The van der Waals surface area contributed by atoms with Crippen molar-refractivity contribution in [1.29, 1.82) is 0 Å². The molecule has 4 unspecified atom stereocenters. The number of H-pyrrole nitrogens is 1. The predicted molar refractivity (Wildman–Crippen MR) is 159 cm³/mol. The van der Waals surface area contributed by atoms with Crippen molar-refractivity contribution in [3.63, 3.8) is 0 Å². The third-order valence-corrected chi connectivity index (χ3v) is 7.02. The fraction of sp³-hybridized carbons (Fsp3) is 0.250. The summed E-state index contributed by atoms with van der Waals surface area (Å²) in [6.07, 6.45) is 2.28. The number of hydrogen-bond acceptors (Lipinski definition) is 5. The van der Waals surface area contributed by atoms with Crippen LogP contribution in [0.1, 0.15) is 23.6 Å². The molecule has 7 N–H and O–H groups in total. The van der Waals surface area contributed by atoms with Gasteiger partial charge in [0.05, 0.1) is 6.04 Å². The van der Waals surface area contributed by atoms with Crippen LogP contribution in [0, 0.1) is 0 Å². The molecule has 0 fully saturated rings. The highest BCUT2D eigenvalue weighted by atomic mass is 16.4. The lowest BCUT2D eigenvalue weighted by atomic mass is 10.0. The van der Waals surface area contributed by atoms with E-state index in [9.17, 15) is 24.3 Å². The lowest BCUT2D eigenvalue weighted by Gasteiger charge is -2.23. The molecule has 0 saturated carbocycles. The largest absolute Gasteiger partial charge is 0.480 e. The van der Waals surface area contributed by atoms with Crippen molar-refractivity contribution in [3.05, 3.63) is 108 Å². The molecular weight excluding hydrogens is 534 g/mol. The van der Waals surface area contributed by atoms with Crippen LogP contribution in [0.2, 0.25) is 0 Å². The minimum absolute atomic E-state index is 0.0845. The molecule has 1 heterocycles. The van der Waals surface area contributed by atoms with E-state index in [1.54, 1.807) is 30.5 Å². The van der Waals surface area contributed by atoms with Gasteiger partial charge in [-0.15, -0.1) is 0 Å². The lowest BCUT2D eigenvalue weighted by Crippen LogP contribution is -2.57. The van der Waals surface area contributed by atoms with Crippen LogP contribution in [0.5, 0.6) is 0 Å². The van der Waals surface area contributed by atoms with Crippen LogP contribution in [0.4, 0.5) is 0 Å². The zero-order valence-corrected chi connectivity index (χ0v) is 23.2. The van der Waals surface area contributed by atoms with E-state index in [-0.39, 0.29) is 19.3 Å². The number of carbonyl (C=O) groups is 4. The Balaban J connectivity index is 1.46. The Hall–Kier alpha value is -4.96. The van der Waals surface area contributed by atoms with E-state index in [1.165, 1.54) is 6.92 Å². The average molecular weight is 570 g/mol. The first-order valence-electron chi connectivity index (χ1n) is 13.7. The quantitative estimate of drug-likeness (QED) is 0.144. The minimum Gasteiger partial charge on any atom is -0.480 e. The summed E-state index contributed by atoms with van der Waals surface area (Å²) >= 11 is 0. The summed E-state index contributed by atoms with van der Waals surface area (Å²) in [6.45, 7) is 1.46. The molecule has 0 aliphatic carbocycles. The van der Waals surface area contributed by atoms with Gasteiger partial charge in [-0.05, 0) is 36.1 Å². The number of carboxylic acids is 1. The molecule has 10 heteroatoms. The molecule has 4 rings (SSSR count). The molecule has 3 amide bonds. The Morgan fingerprint density at radius 2 is 1.29 bits per heavy atom. The normalized spacial score (nSPS) is 13.9. The molecule has 0 radical (unpaired) electrons. The standard InChI is InChI=1S/C32H35N5O5/c1-20(29(38)37-28(32(41)42)17-22-12-6-3-7-13-22)35-31(40)27(18-23-19-34-26-15-9-8-14-24(23)26)36-30(39)25(33)16-21-10-4-2-5-11-21/h2-15,19-20,25,27-28,34H,16-18,33H2,1H3,(H,35,40)(H,36,39)(H,37,38)(H,41,42). The van der Waals surface area contributed by atoms with Gasteiger partial charge in [0.2, 0.25) is 17.7 Å². The monoisotopic (exact) mass is 569 g/mol. The lowest BCUT2D eigenvalue weighted by molar-refractivity contribution is -0.142. The van der Waals surface area contributed by atoms with Crippen LogP contribution < -0.4 is 21.7 Å². The van der Waals surface area contributed by atoms with Crippen LogP contribution in [0.25, 0.3) is 10.9 Å². The number of amides is 3. The van der Waals surface area contributed by atoms with Gasteiger partial charge in [0.1, 0.15) is 18.1 Å². The maximum atomic E-state index is 13.5. The number of carbonyl (C=O) groups excluding carboxylic acids is 3. The summed E-state index contributed by atoms with van der Waals surface area (Å²) in [5, 5.41) is 18.4. The number of hydrogen-bond donors (Lipinski definition) is 6. The summed E-state index contributed by atoms with van der Waals surface area (Å²) in [6, 6.07) is 21.6. The number of nitrogens with two attached hydrogens (primary N) is 1. The van der Waals surface area contributed by atoms with E-state index < -0.39 is 47.9 Å². The van der Waals surface area contributed by atoms with Crippen molar-refractivity contribution in [3.8, 4) is 0 Å². The number of aromatic amines is 1. The molecule has 0 spiro atoms. The highest BCUT2D eigenvalue weighted by Crippen LogP contribution is 2.19. The van der Waals surface area contributed by atoms with E-state index in [0.29, 0.717) is 0 Å². The smallest absolute Gasteiger partial charge is 0.326 e. The maximum absolute atomic E-state index is 13.5. The molecule has 4 atom stereocenters. The van der Waals surface area contributed by atoms with E-state index in [2.05, 4.69) is 20.9 Å². The van der Waals surface area contributed by atoms with Crippen molar-refractivity contribution >= 4 is 34.6 Å². The first kappa shape index (κ1) is 30.0. The van der Waals surface area contributed by atoms with Gasteiger partial charge in [-0.1, -0.05) is 78.9 Å². The number of fused-ring (bicyclic) bond motifs is 1. The summed E-state index contributed by atoms with van der Waals surface area (Å²) in [7, 11) is 0. The number of para-hydroxylation sites is 1. The molecule has 3 aromatic carbocycles. The topological polar surface area (TPSA) is 166 Å². The van der Waals surface area contributed by atoms with Crippen LogP contribution >= 0.6 is 0 Å². The van der Waals surface area contributed by atoms with Crippen molar-refractivity contribution in [2.75, 3.05) is 0 Å². The third kappa shape index (κ3) is 8.05. The first-order chi connectivity index (χ1) is 20.2. The van der Waals surface area contributed by atoms with Crippen molar-refractivity contribution < 1.29 is 24.3 Å². The fourth-order valence-corrected chi connectivity index (χ4v) is 4.70. The van der Waals surface area contributed by atoms with E-state index in [4.69, 9.17) is 5.73 Å². The second-order valence-corrected chi connectivity index (χ2v) is 10.2. The predicted octanol–water partition coefficient (Wildman–Crippen LogP) is 2.08. The highest BCUT2D eigenvalue weighted by Gasteiger charge is 2.29. The summed E-state index contributed by atoms with van der Waals surface area (Å²) in [4.78, 5) is 54.5. The van der Waals surface area contributed by atoms with Crippen molar-refractivity contribution in [2.24, 2.45) is 5.73 Å². The molecule has 42 heavy (non-hydrogen) atoms. The SMILES string of the molecule is CC(NC(=O)C(Cc1c[nH]c2ccccc12)NC(=O)C(N)Cc1ccccc1)C(=O)NC(Cc1ccccc1)C(=O)O. The first-order valence-corrected chi connectivity index (χ1v) is 13.7. The van der Waals surface area contributed by atoms with Gasteiger partial charge in [0, 0.05) is 29.9 Å². The molecule has 1 aromatic heterocycles. The second-order valence-electron chi connectivity index (χ2n) is 10.2. The van der Waals surface area contributed by atoms with Crippen LogP contribution in [0.15, 0.2) is 91.1 Å². The Morgan fingerprint density at radius 1 is 0.714 bits per heavy atom. The maximum Gasteiger partial charge on any atom is 0.326 e. The van der Waals surface area contributed by atoms with Gasteiger partial charge in [0.25, 0.3) is 0 Å². The van der Waals surface area contributed by atoms with Gasteiger partial charge in [-0.3, -0.25) is 14.4 Å². The second kappa shape index (κ2) is 14.1. The number of nitrogens with one attached hydrogen (secondary N) is 4.